The number of aliphatic carboxylic acids is 1. The summed E-state index contributed by atoms with van der Waals surface area (Å²) in [5, 5.41) is 9.04. The fourth-order valence-corrected chi connectivity index (χ4v) is 5.24. The molecule has 0 aliphatic heterocycles. The molecule has 1 aromatic rings. The molecule has 0 bridgehead atoms. The average Bonchev–Trinajstić information content (AvgIpc) is 2.65. The Balaban J connectivity index is 1.52. The highest BCUT2D eigenvalue weighted by Gasteiger charge is 2.37. The van der Waals surface area contributed by atoms with Gasteiger partial charge < -0.3 is 9.84 Å². The zero-order chi connectivity index (χ0) is 18.4. The summed E-state index contributed by atoms with van der Waals surface area (Å²) in [6, 6.07) is 8.10. The van der Waals surface area contributed by atoms with Gasteiger partial charge >= 0.3 is 5.97 Å². The van der Waals surface area contributed by atoms with Crippen molar-refractivity contribution in [1.29, 1.82) is 0 Å². The highest BCUT2D eigenvalue weighted by Crippen LogP contribution is 2.49. The van der Waals surface area contributed by atoms with Gasteiger partial charge in [0.1, 0.15) is 5.75 Å². The third-order valence-corrected chi connectivity index (χ3v) is 6.71. The smallest absolute Gasteiger partial charge is 0.303 e. The Kier molecular flexibility index (Phi) is 6.61. The van der Waals surface area contributed by atoms with E-state index < -0.39 is 5.97 Å². The number of hydrogen-bond acceptors (Lipinski definition) is 2. The van der Waals surface area contributed by atoms with Crippen molar-refractivity contribution in [3.63, 3.8) is 0 Å². The van der Waals surface area contributed by atoms with Gasteiger partial charge in [-0.3, -0.25) is 4.79 Å². The minimum absolute atomic E-state index is 0.0889. The highest BCUT2D eigenvalue weighted by molar-refractivity contribution is 5.68. The number of carboxylic acid groups (broad SMARTS) is 1. The van der Waals surface area contributed by atoms with Crippen LogP contribution < -0.4 is 4.74 Å². The summed E-state index contributed by atoms with van der Waals surface area (Å²) in [5.74, 6) is 0.969. The summed E-state index contributed by atoms with van der Waals surface area (Å²) in [7, 11) is 0. The first-order valence-electron chi connectivity index (χ1n) is 10.5. The van der Waals surface area contributed by atoms with Crippen LogP contribution in [-0.2, 0) is 4.79 Å². The Morgan fingerprint density at radius 2 is 1.85 bits per heavy atom. The van der Waals surface area contributed by atoms with Gasteiger partial charge in [-0.15, -0.1) is 0 Å². The Labute approximate surface area is 158 Å². The maximum atomic E-state index is 11.0. The van der Waals surface area contributed by atoms with E-state index >= 15 is 0 Å². The second-order valence-electron chi connectivity index (χ2n) is 8.61. The zero-order valence-corrected chi connectivity index (χ0v) is 16.2. The summed E-state index contributed by atoms with van der Waals surface area (Å²) in [6.07, 6.45) is 13.6. The van der Waals surface area contributed by atoms with Gasteiger partial charge in [0.2, 0.25) is 0 Å². The van der Waals surface area contributed by atoms with Crippen LogP contribution in [0.3, 0.4) is 0 Å². The molecule has 3 nitrogen and oxygen atoms in total. The van der Waals surface area contributed by atoms with Crippen molar-refractivity contribution in [3.05, 3.63) is 29.8 Å². The van der Waals surface area contributed by atoms with Crippen LogP contribution in [0.15, 0.2) is 24.3 Å². The van der Waals surface area contributed by atoms with E-state index in [0.29, 0.717) is 11.3 Å². The fourth-order valence-electron chi connectivity index (χ4n) is 5.24. The summed E-state index contributed by atoms with van der Waals surface area (Å²) < 4.78 is 6.11. The second kappa shape index (κ2) is 8.92. The Bertz CT molecular complexity index is 566. The van der Waals surface area contributed by atoms with Gasteiger partial charge in [0.05, 0.1) is 13.0 Å². The first-order valence-corrected chi connectivity index (χ1v) is 10.5. The number of rotatable bonds is 7. The summed E-state index contributed by atoms with van der Waals surface area (Å²) in [4.78, 5) is 11.0. The highest BCUT2D eigenvalue weighted by atomic mass is 16.5. The van der Waals surface area contributed by atoms with Crippen molar-refractivity contribution in [2.24, 2.45) is 11.3 Å². The fraction of sp³-hybridized carbons (Fsp3) is 0.696. The Morgan fingerprint density at radius 1 is 1.15 bits per heavy atom. The number of ether oxygens (including phenoxy) is 1. The van der Waals surface area contributed by atoms with Crippen LogP contribution >= 0.6 is 0 Å². The van der Waals surface area contributed by atoms with Gasteiger partial charge in [-0.2, -0.15) is 0 Å². The maximum Gasteiger partial charge on any atom is 0.303 e. The van der Waals surface area contributed by atoms with Crippen LogP contribution in [0.1, 0.15) is 89.0 Å². The first kappa shape index (κ1) is 19.3. The predicted molar refractivity (Wildman–Crippen MR) is 105 cm³/mol. The summed E-state index contributed by atoms with van der Waals surface area (Å²) in [6.45, 7) is 2.87. The standard InChI is InChI=1S/C23H34O3/c1-2-19(15-22(24)25)20-8-10-21(11-9-20)26-17-18-7-6-14-23(16-18)12-4-3-5-13-23/h8-11,18-19H,2-7,12-17H2,1H3,(H,24,25). The number of carboxylic acids is 1. The third kappa shape index (κ3) is 5.02. The third-order valence-electron chi connectivity index (χ3n) is 6.71. The van der Waals surface area contributed by atoms with Crippen molar-refractivity contribution in [2.45, 2.75) is 83.5 Å². The van der Waals surface area contributed by atoms with Crippen molar-refractivity contribution >= 4 is 5.97 Å². The molecular weight excluding hydrogens is 324 g/mol. The second-order valence-corrected chi connectivity index (χ2v) is 8.61. The molecule has 2 unspecified atom stereocenters. The molecule has 2 fully saturated rings. The largest absolute Gasteiger partial charge is 0.493 e. The van der Waals surface area contributed by atoms with E-state index in [0.717, 1.165) is 24.3 Å². The molecule has 2 aliphatic carbocycles. The molecule has 0 amide bonds. The first-order chi connectivity index (χ1) is 12.6. The number of carbonyl (C=O) groups is 1. The molecule has 0 heterocycles. The van der Waals surface area contributed by atoms with Gasteiger partial charge in [-0.05, 0) is 73.5 Å². The lowest BCUT2D eigenvalue weighted by Crippen LogP contribution is -2.33. The molecule has 0 radical (unpaired) electrons. The predicted octanol–water partition coefficient (Wildman–Crippen LogP) is 6.17. The molecule has 2 saturated carbocycles. The molecule has 0 aromatic heterocycles. The van der Waals surface area contributed by atoms with E-state index in [1.807, 2.05) is 31.2 Å². The molecule has 3 heteroatoms. The van der Waals surface area contributed by atoms with Crippen molar-refractivity contribution in [1.82, 2.24) is 0 Å². The summed E-state index contributed by atoms with van der Waals surface area (Å²) in [5.41, 5.74) is 1.72. The molecule has 3 rings (SSSR count). The molecule has 0 saturated heterocycles. The van der Waals surface area contributed by atoms with E-state index in [2.05, 4.69) is 0 Å². The quantitative estimate of drug-likeness (QED) is 0.633. The van der Waals surface area contributed by atoms with Crippen LogP contribution in [-0.4, -0.2) is 17.7 Å². The number of benzene rings is 1. The van der Waals surface area contributed by atoms with E-state index in [9.17, 15) is 4.79 Å². The van der Waals surface area contributed by atoms with Crippen LogP contribution in [0.2, 0.25) is 0 Å². The van der Waals surface area contributed by atoms with Crippen molar-refractivity contribution < 1.29 is 14.6 Å². The molecular formula is C23H34O3. The van der Waals surface area contributed by atoms with Gasteiger partial charge in [0.25, 0.3) is 0 Å². The van der Waals surface area contributed by atoms with Crippen molar-refractivity contribution in [2.75, 3.05) is 6.61 Å². The van der Waals surface area contributed by atoms with Crippen LogP contribution in [0.4, 0.5) is 0 Å². The van der Waals surface area contributed by atoms with Gasteiger partial charge in [0.15, 0.2) is 0 Å². The topological polar surface area (TPSA) is 46.5 Å². The molecule has 1 N–H and O–H groups in total. The van der Waals surface area contributed by atoms with Gasteiger partial charge in [-0.1, -0.05) is 44.7 Å². The van der Waals surface area contributed by atoms with E-state index in [1.165, 1.54) is 57.8 Å². The average molecular weight is 359 g/mol. The normalized spacial score (nSPS) is 23.5. The van der Waals surface area contributed by atoms with Gasteiger partial charge in [0, 0.05) is 0 Å². The lowest BCUT2D eigenvalue weighted by molar-refractivity contribution is -0.137. The SMILES string of the molecule is CCC(CC(=O)O)c1ccc(OCC2CCCC3(CCCCC3)C2)cc1. The lowest BCUT2D eigenvalue weighted by atomic mass is 9.63. The monoisotopic (exact) mass is 358 g/mol. The molecule has 2 atom stereocenters. The number of hydrogen-bond donors (Lipinski definition) is 1. The minimum atomic E-state index is -0.730. The Morgan fingerprint density at radius 3 is 2.50 bits per heavy atom. The lowest BCUT2D eigenvalue weighted by Gasteiger charge is -2.43. The van der Waals surface area contributed by atoms with Gasteiger partial charge in [-0.25, -0.2) is 0 Å². The molecule has 26 heavy (non-hydrogen) atoms. The van der Waals surface area contributed by atoms with Crippen LogP contribution in [0.25, 0.3) is 0 Å². The van der Waals surface area contributed by atoms with Crippen molar-refractivity contribution in [3.8, 4) is 5.75 Å². The summed E-state index contributed by atoms with van der Waals surface area (Å²) >= 11 is 0. The molecule has 2 aliphatic rings. The Hall–Kier alpha value is -1.51. The van der Waals surface area contributed by atoms with E-state index in [-0.39, 0.29) is 12.3 Å². The molecule has 1 spiro atoms. The molecule has 144 valence electrons. The molecule has 1 aromatic carbocycles. The maximum absolute atomic E-state index is 11.0. The van der Waals surface area contributed by atoms with E-state index in [1.54, 1.807) is 0 Å². The van der Waals surface area contributed by atoms with E-state index in [4.69, 9.17) is 9.84 Å². The minimum Gasteiger partial charge on any atom is -0.493 e. The van der Waals surface area contributed by atoms with Crippen LogP contribution in [0, 0.1) is 11.3 Å². The zero-order valence-electron chi connectivity index (χ0n) is 16.2. The van der Waals surface area contributed by atoms with Crippen LogP contribution in [0.5, 0.6) is 5.75 Å².